The van der Waals surface area contributed by atoms with Crippen molar-refractivity contribution >= 4 is 51.9 Å². The largest absolute Gasteiger partial charge is 0.490 e. The minimum atomic E-state index is -0.171. The van der Waals surface area contributed by atoms with Gasteiger partial charge in [-0.25, -0.2) is 0 Å². The Kier molecular flexibility index (Phi) is 5.85. The number of ether oxygens (including phenoxy) is 2. The summed E-state index contributed by atoms with van der Waals surface area (Å²) in [6, 6.07) is 3.69. The number of hydrogen-bond acceptors (Lipinski definition) is 4. The highest BCUT2D eigenvalue weighted by Crippen LogP contribution is 2.35. The number of hydrogen-bond donors (Lipinski definition) is 1. The molecule has 1 aliphatic heterocycles. The molecule has 0 bridgehead atoms. The predicted octanol–water partition coefficient (Wildman–Crippen LogP) is 2.39. The van der Waals surface area contributed by atoms with E-state index in [1.807, 2.05) is 13.0 Å². The van der Waals surface area contributed by atoms with Crippen LogP contribution in [0.1, 0.15) is 12.5 Å². The van der Waals surface area contributed by atoms with E-state index < -0.39 is 0 Å². The van der Waals surface area contributed by atoms with E-state index in [0.29, 0.717) is 28.9 Å². The van der Waals surface area contributed by atoms with E-state index in [4.69, 9.17) is 28.1 Å². The molecule has 1 aliphatic rings. The Morgan fingerprint density at radius 1 is 1.48 bits per heavy atom. The summed E-state index contributed by atoms with van der Waals surface area (Å²) >= 11 is 7.21. The molecule has 0 saturated carbocycles. The molecule has 1 amide bonds. The van der Waals surface area contributed by atoms with Gasteiger partial charge in [0.2, 0.25) is 0 Å². The molecule has 1 aromatic rings. The van der Waals surface area contributed by atoms with Crippen LogP contribution in [0.3, 0.4) is 0 Å². The van der Waals surface area contributed by atoms with Crippen molar-refractivity contribution in [1.29, 1.82) is 0 Å². The standard InChI is InChI=1S/C16H15IN2O3S/c1-4-6-22-14-11(17)7-10(9-13(14)21-5-2)8-12-15(20)19(3)16(23)18-12/h1,7-9H,5-6H2,2-3H3,(H,18,23)/b12-8-. The van der Waals surface area contributed by atoms with Gasteiger partial charge in [-0.1, -0.05) is 5.92 Å². The number of thiocarbonyl (C=S) groups is 1. The number of rotatable bonds is 5. The highest BCUT2D eigenvalue weighted by molar-refractivity contribution is 14.1. The molecule has 1 saturated heterocycles. The van der Waals surface area contributed by atoms with Crippen molar-refractivity contribution in [3.8, 4) is 23.8 Å². The number of terminal acetylenes is 1. The fourth-order valence-corrected chi connectivity index (χ4v) is 2.95. The molecule has 0 unspecified atom stereocenters. The van der Waals surface area contributed by atoms with E-state index in [1.54, 1.807) is 19.2 Å². The number of nitrogens with zero attached hydrogens (tertiary/aromatic N) is 1. The van der Waals surface area contributed by atoms with Gasteiger partial charge in [-0.05, 0) is 65.5 Å². The van der Waals surface area contributed by atoms with Crippen LogP contribution in [0.5, 0.6) is 11.5 Å². The molecular weight excluding hydrogens is 427 g/mol. The lowest BCUT2D eigenvalue weighted by Crippen LogP contribution is -2.25. The Morgan fingerprint density at radius 3 is 2.78 bits per heavy atom. The number of halogens is 1. The number of amides is 1. The summed E-state index contributed by atoms with van der Waals surface area (Å²) in [5.41, 5.74) is 1.23. The number of carbonyl (C=O) groups is 1. The second-order valence-electron chi connectivity index (χ2n) is 4.61. The minimum absolute atomic E-state index is 0.162. The third kappa shape index (κ3) is 3.95. The zero-order valence-electron chi connectivity index (χ0n) is 12.7. The number of nitrogens with one attached hydrogen (secondary N) is 1. The van der Waals surface area contributed by atoms with Crippen LogP contribution in [0.15, 0.2) is 17.8 Å². The van der Waals surface area contributed by atoms with Gasteiger partial charge in [0.15, 0.2) is 16.6 Å². The van der Waals surface area contributed by atoms with Gasteiger partial charge >= 0.3 is 0 Å². The molecule has 1 heterocycles. The molecule has 0 atom stereocenters. The maximum atomic E-state index is 12.1. The average Bonchev–Trinajstić information content (AvgIpc) is 2.74. The summed E-state index contributed by atoms with van der Waals surface area (Å²) in [7, 11) is 1.63. The number of likely N-dealkylation sites (N-methyl/N-ethyl adjacent to an activating group) is 1. The molecule has 0 aromatic heterocycles. The van der Waals surface area contributed by atoms with E-state index in [1.165, 1.54) is 4.90 Å². The quantitative estimate of drug-likeness (QED) is 0.329. The second-order valence-corrected chi connectivity index (χ2v) is 6.16. The zero-order chi connectivity index (χ0) is 17.0. The lowest BCUT2D eigenvalue weighted by Gasteiger charge is -2.13. The molecule has 23 heavy (non-hydrogen) atoms. The predicted molar refractivity (Wildman–Crippen MR) is 101 cm³/mol. The molecule has 7 heteroatoms. The number of carbonyl (C=O) groups excluding carboxylic acids is 1. The molecular formula is C16H15IN2O3S. The molecule has 5 nitrogen and oxygen atoms in total. The summed E-state index contributed by atoms with van der Waals surface area (Å²) in [5, 5.41) is 3.27. The van der Waals surface area contributed by atoms with Crippen molar-refractivity contribution < 1.29 is 14.3 Å². The Balaban J connectivity index is 2.39. The van der Waals surface area contributed by atoms with Crippen molar-refractivity contribution in [1.82, 2.24) is 10.2 Å². The Hall–Kier alpha value is -1.79. The normalized spacial score (nSPS) is 15.6. The first-order chi connectivity index (χ1) is 11.0. The van der Waals surface area contributed by atoms with Gasteiger partial charge in [0.25, 0.3) is 5.91 Å². The lowest BCUT2D eigenvalue weighted by molar-refractivity contribution is -0.121. The van der Waals surface area contributed by atoms with E-state index in [-0.39, 0.29) is 12.5 Å². The molecule has 120 valence electrons. The molecule has 1 N–H and O–H groups in total. The molecule has 0 aliphatic carbocycles. The topological polar surface area (TPSA) is 50.8 Å². The third-order valence-electron chi connectivity index (χ3n) is 3.02. The summed E-state index contributed by atoms with van der Waals surface area (Å²) in [6.07, 6.45) is 6.97. The average molecular weight is 442 g/mol. The van der Waals surface area contributed by atoms with Crippen molar-refractivity contribution in [3.63, 3.8) is 0 Å². The van der Waals surface area contributed by atoms with Gasteiger partial charge in [-0.15, -0.1) is 6.42 Å². The monoisotopic (exact) mass is 442 g/mol. The fourth-order valence-electron chi connectivity index (χ4n) is 1.98. The van der Waals surface area contributed by atoms with Gasteiger partial charge in [0, 0.05) is 7.05 Å². The van der Waals surface area contributed by atoms with Crippen LogP contribution < -0.4 is 14.8 Å². The van der Waals surface area contributed by atoms with Crippen molar-refractivity contribution in [2.45, 2.75) is 6.92 Å². The van der Waals surface area contributed by atoms with Crippen molar-refractivity contribution in [2.75, 3.05) is 20.3 Å². The Bertz CT molecular complexity index is 725. The summed E-state index contributed by atoms with van der Waals surface area (Å²) in [5.74, 6) is 3.45. The van der Waals surface area contributed by atoms with Gasteiger partial charge in [-0.2, -0.15) is 0 Å². The molecule has 0 radical (unpaired) electrons. The second kappa shape index (κ2) is 7.66. The molecule has 1 fully saturated rings. The van der Waals surface area contributed by atoms with Gasteiger partial charge in [0.1, 0.15) is 12.3 Å². The molecule has 0 spiro atoms. The molecule has 2 rings (SSSR count). The van der Waals surface area contributed by atoms with Crippen LogP contribution in [-0.4, -0.2) is 36.2 Å². The summed E-state index contributed by atoms with van der Waals surface area (Å²) in [4.78, 5) is 13.4. The van der Waals surface area contributed by atoms with Gasteiger partial charge in [-0.3, -0.25) is 9.69 Å². The summed E-state index contributed by atoms with van der Waals surface area (Å²) in [6.45, 7) is 2.54. The van der Waals surface area contributed by atoms with Gasteiger partial charge < -0.3 is 14.8 Å². The van der Waals surface area contributed by atoms with Gasteiger partial charge in [0.05, 0.1) is 10.2 Å². The lowest BCUT2D eigenvalue weighted by atomic mass is 10.1. The van der Waals surface area contributed by atoms with Crippen LogP contribution in [0.25, 0.3) is 6.08 Å². The minimum Gasteiger partial charge on any atom is -0.490 e. The first-order valence-electron chi connectivity index (χ1n) is 6.81. The maximum Gasteiger partial charge on any atom is 0.276 e. The SMILES string of the molecule is C#CCOc1c(I)cc(/C=C2\NC(=S)N(C)C2=O)cc1OCC. The van der Waals surface area contributed by atoms with Crippen molar-refractivity contribution in [2.24, 2.45) is 0 Å². The van der Waals surface area contributed by atoms with Crippen LogP contribution >= 0.6 is 34.8 Å². The van der Waals surface area contributed by atoms with E-state index in [0.717, 1.165) is 9.13 Å². The smallest absolute Gasteiger partial charge is 0.276 e. The first-order valence-corrected chi connectivity index (χ1v) is 8.30. The third-order valence-corrected chi connectivity index (χ3v) is 4.20. The Morgan fingerprint density at radius 2 is 2.22 bits per heavy atom. The first kappa shape index (κ1) is 17.6. The van der Waals surface area contributed by atoms with Crippen LogP contribution in [0.4, 0.5) is 0 Å². The van der Waals surface area contributed by atoms with Crippen LogP contribution in [0.2, 0.25) is 0 Å². The van der Waals surface area contributed by atoms with Crippen molar-refractivity contribution in [3.05, 3.63) is 27.0 Å². The van der Waals surface area contributed by atoms with Crippen LogP contribution in [-0.2, 0) is 4.79 Å². The van der Waals surface area contributed by atoms with E-state index in [2.05, 4.69) is 33.8 Å². The maximum absolute atomic E-state index is 12.1. The highest BCUT2D eigenvalue weighted by Gasteiger charge is 2.27. The van der Waals surface area contributed by atoms with Crippen LogP contribution in [0, 0.1) is 15.9 Å². The zero-order valence-corrected chi connectivity index (χ0v) is 15.7. The Labute approximate surface area is 154 Å². The fraction of sp³-hybridized carbons (Fsp3) is 0.250. The molecule has 1 aromatic carbocycles. The highest BCUT2D eigenvalue weighted by atomic mass is 127. The number of benzene rings is 1. The van der Waals surface area contributed by atoms with E-state index >= 15 is 0 Å². The summed E-state index contributed by atoms with van der Waals surface area (Å²) < 4.78 is 12.0. The van der Waals surface area contributed by atoms with E-state index in [9.17, 15) is 4.79 Å².